The van der Waals surface area contributed by atoms with Crippen LogP contribution in [0, 0.1) is 34.4 Å². The highest BCUT2D eigenvalue weighted by molar-refractivity contribution is 5.20. The van der Waals surface area contributed by atoms with Crippen LogP contribution in [-0.2, 0) is 0 Å². The van der Waals surface area contributed by atoms with Gasteiger partial charge < -0.3 is 4.90 Å². The van der Waals surface area contributed by atoms with E-state index in [1.807, 2.05) is 12.1 Å². The van der Waals surface area contributed by atoms with Crippen LogP contribution >= 0.6 is 0 Å². The van der Waals surface area contributed by atoms with E-state index in [0.717, 1.165) is 38.9 Å². The Morgan fingerprint density at radius 2 is 1.95 bits per heavy atom. The molecule has 0 radical (unpaired) electrons. The quantitative estimate of drug-likeness (QED) is 0.830. The molecule has 2 rings (SSSR count). The van der Waals surface area contributed by atoms with Gasteiger partial charge in [-0.3, -0.25) is 0 Å². The van der Waals surface area contributed by atoms with E-state index >= 15 is 0 Å². The predicted octanol–water partition coefficient (Wildman–Crippen LogP) is 3.84. The Bertz CT molecular complexity index is 541. The van der Waals surface area contributed by atoms with Crippen molar-refractivity contribution < 1.29 is 4.39 Å². The average Bonchev–Trinajstić information content (AvgIpc) is 2.77. The minimum Gasteiger partial charge on any atom is -0.302 e. The van der Waals surface area contributed by atoms with Crippen molar-refractivity contribution in [3.8, 4) is 12.1 Å². The molecule has 0 saturated carbocycles. The molecule has 1 fully saturated rings. The maximum absolute atomic E-state index is 13.0. The van der Waals surface area contributed by atoms with Crippen molar-refractivity contribution in [3.05, 3.63) is 35.6 Å². The summed E-state index contributed by atoms with van der Waals surface area (Å²) in [5, 5.41) is 17.8. The van der Waals surface area contributed by atoms with Gasteiger partial charge in [-0.05, 0) is 62.4 Å². The van der Waals surface area contributed by atoms with E-state index in [1.54, 1.807) is 0 Å². The normalized spacial score (nSPS) is 20.6. The fourth-order valence-electron chi connectivity index (χ4n) is 3.15. The Morgan fingerprint density at radius 3 is 2.64 bits per heavy atom. The first-order chi connectivity index (χ1) is 10.7. The molecule has 0 aromatic heterocycles. The summed E-state index contributed by atoms with van der Waals surface area (Å²) < 4.78 is 13.0. The first-order valence-electron chi connectivity index (χ1n) is 7.97. The van der Waals surface area contributed by atoms with Crippen LogP contribution in [0.1, 0.15) is 43.6 Å². The van der Waals surface area contributed by atoms with Crippen molar-refractivity contribution in [3.63, 3.8) is 0 Å². The van der Waals surface area contributed by atoms with Crippen molar-refractivity contribution in [2.75, 3.05) is 19.6 Å². The van der Waals surface area contributed by atoms with Gasteiger partial charge in [0.2, 0.25) is 0 Å². The number of nitrogens with zero attached hydrogens (tertiary/aromatic N) is 3. The predicted molar refractivity (Wildman–Crippen MR) is 83.4 cm³/mol. The Morgan fingerprint density at radius 1 is 1.18 bits per heavy atom. The molecule has 2 unspecified atom stereocenters. The largest absolute Gasteiger partial charge is 0.302 e. The number of likely N-dealkylation sites (tertiary alicyclic amines) is 1. The molecule has 116 valence electrons. The lowest BCUT2D eigenvalue weighted by molar-refractivity contribution is 0.254. The lowest BCUT2D eigenvalue weighted by Gasteiger charge is -2.22. The van der Waals surface area contributed by atoms with Crippen LogP contribution in [0.25, 0.3) is 0 Å². The Hall–Kier alpha value is -1.91. The average molecular weight is 299 g/mol. The first kappa shape index (κ1) is 16.5. The number of rotatable bonds is 5. The van der Waals surface area contributed by atoms with Gasteiger partial charge in [-0.25, -0.2) is 4.39 Å². The zero-order chi connectivity index (χ0) is 15.8. The Labute approximate surface area is 132 Å². The zero-order valence-electron chi connectivity index (χ0n) is 12.8. The zero-order valence-corrected chi connectivity index (χ0v) is 12.8. The number of benzene rings is 1. The summed E-state index contributed by atoms with van der Waals surface area (Å²) in [5.41, 5.74) is 1.21. The molecule has 1 heterocycles. The third-order valence-electron chi connectivity index (χ3n) is 4.43. The third-order valence-corrected chi connectivity index (χ3v) is 4.43. The van der Waals surface area contributed by atoms with Crippen LogP contribution in [-0.4, -0.2) is 24.5 Å². The second-order valence-corrected chi connectivity index (χ2v) is 6.00. The van der Waals surface area contributed by atoms with E-state index in [4.69, 9.17) is 5.26 Å². The highest BCUT2D eigenvalue weighted by Gasteiger charge is 2.20. The van der Waals surface area contributed by atoms with Crippen LogP contribution in [0.5, 0.6) is 0 Å². The fourth-order valence-corrected chi connectivity index (χ4v) is 3.15. The summed E-state index contributed by atoms with van der Waals surface area (Å²) in [4.78, 5) is 2.34. The van der Waals surface area contributed by atoms with Gasteiger partial charge in [0.1, 0.15) is 5.82 Å². The number of hydrogen-bond acceptors (Lipinski definition) is 3. The van der Waals surface area contributed by atoms with Crippen molar-refractivity contribution in [1.82, 2.24) is 4.90 Å². The van der Waals surface area contributed by atoms with Crippen molar-refractivity contribution in [2.45, 2.75) is 38.0 Å². The molecule has 4 heteroatoms. The fraction of sp³-hybridized carbons (Fsp3) is 0.556. The maximum Gasteiger partial charge on any atom is 0.123 e. The number of halogens is 1. The van der Waals surface area contributed by atoms with Gasteiger partial charge in [-0.15, -0.1) is 0 Å². The smallest absolute Gasteiger partial charge is 0.123 e. The molecular formula is C18H22FN3. The third kappa shape index (κ3) is 4.83. The second kappa shape index (κ2) is 8.51. The molecule has 22 heavy (non-hydrogen) atoms. The first-order valence-corrected chi connectivity index (χ1v) is 7.97. The summed E-state index contributed by atoms with van der Waals surface area (Å²) in [6.07, 6.45) is 4.35. The molecule has 1 saturated heterocycles. The Balaban J connectivity index is 1.88. The van der Waals surface area contributed by atoms with Gasteiger partial charge in [0.25, 0.3) is 0 Å². The summed E-state index contributed by atoms with van der Waals surface area (Å²) in [6.45, 7) is 2.73. The van der Waals surface area contributed by atoms with Gasteiger partial charge in [-0.1, -0.05) is 12.1 Å². The lowest BCUT2D eigenvalue weighted by Crippen LogP contribution is -2.30. The number of hydrogen-bond donors (Lipinski definition) is 0. The van der Waals surface area contributed by atoms with Crippen LogP contribution < -0.4 is 0 Å². The number of nitriles is 2. The van der Waals surface area contributed by atoms with Crippen molar-refractivity contribution in [1.29, 1.82) is 10.5 Å². The minimum absolute atomic E-state index is 0.0537. The monoisotopic (exact) mass is 299 g/mol. The van der Waals surface area contributed by atoms with Gasteiger partial charge >= 0.3 is 0 Å². The molecule has 2 atom stereocenters. The molecular weight excluding hydrogens is 277 g/mol. The van der Waals surface area contributed by atoms with Crippen LogP contribution in [0.3, 0.4) is 0 Å². The van der Waals surface area contributed by atoms with Gasteiger partial charge in [0.05, 0.1) is 18.1 Å². The molecule has 0 amide bonds. The SMILES string of the molecule is N#CCCC(C#N)CN1CCCC(c2ccc(F)cc2)CC1. The molecule has 1 aliphatic heterocycles. The summed E-state index contributed by atoms with van der Waals surface area (Å²) in [5.74, 6) is 0.237. The lowest BCUT2D eigenvalue weighted by atomic mass is 9.92. The summed E-state index contributed by atoms with van der Waals surface area (Å²) in [6, 6.07) is 11.3. The highest BCUT2D eigenvalue weighted by Crippen LogP contribution is 2.28. The second-order valence-electron chi connectivity index (χ2n) is 6.00. The van der Waals surface area contributed by atoms with E-state index in [-0.39, 0.29) is 11.7 Å². The van der Waals surface area contributed by atoms with E-state index in [9.17, 15) is 9.65 Å². The van der Waals surface area contributed by atoms with Gasteiger partial charge in [0, 0.05) is 13.0 Å². The van der Waals surface area contributed by atoms with Gasteiger partial charge in [0.15, 0.2) is 0 Å². The molecule has 0 spiro atoms. The minimum atomic E-state index is -0.187. The molecule has 3 nitrogen and oxygen atoms in total. The van der Waals surface area contributed by atoms with Gasteiger partial charge in [-0.2, -0.15) is 10.5 Å². The summed E-state index contributed by atoms with van der Waals surface area (Å²) in [7, 11) is 0. The maximum atomic E-state index is 13.0. The molecule has 1 aromatic rings. The van der Waals surface area contributed by atoms with Crippen molar-refractivity contribution >= 4 is 0 Å². The molecule has 1 aromatic carbocycles. The van der Waals surface area contributed by atoms with Crippen LogP contribution in [0.15, 0.2) is 24.3 Å². The topological polar surface area (TPSA) is 50.8 Å². The van der Waals surface area contributed by atoms with E-state index < -0.39 is 0 Å². The van der Waals surface area contributed by atoms with E-state index in [0.29, 0.717) is 18.8 Å². The summed E-state index contributed by atoms with van der Waals surface area (Å²) >= 11 is 0. The highest BCUT2D eigenvalue weighted by atomic mass is 19.1. The van der Waals surface area contributed by atoms with Crippen LogP contribution in [0.4, 0.5) is 4.39 Å². The molecule has 0 N–H and O–H groups in total. The molecule has 1 aliphatic rings. The molecule has 0 aliphatic carbocycles. The van der Waals surface area contributed by atoms with E-state index in [1.165, 1.54) is 17.7 Å². The standard InChI is InChI=1S/C18H22FN3/c19-18-7-5-17(6-8-18)16-4-2-11-22(12-9-16)14-15(13-21)3-1-10-20/h5-8,15-16H,1-4,9,11-12,14H2. The van der Waals surface area contributed by atoms with Crippen LogP contribution in [0.2, 0.25) is 0 Å². The van der Waals surface area contributed by atoms with Crippen molar-refractivity contribution in [2.24, 2.45) is 5.92 Å². The Kier molecular flexibility index (Phi) is 6.37. The van der Waals surface area contributed by atoms with E-state index in [2.05, 4.69) is 17.0 Å². The molecule has 0 bridgehead atoms.